The molecule has 0 saturated carbocycles. The zero-order valence-corrected chi connectivity index (χ0v) is 10.0. The van der Waals surface area contributed by atoms with Gasteiger partial charge < -0.3 is 15.7 Å². The second-order valence-electron chi connectivity index (χ2n) is 4.91. The summed E-state index contributed by atoms with van der Waals surface area (Å²) in [6, 6.07) is 7.00. The zero-order chi connectivity index (χ0) is 12.5. The van der Waals surface area contributed by atoms with Crippen LogP contribution in [0.25, 0.3) is 0 Å². The Balaban J connectivity index is 2.07. The van der Waals surface area contributed by atoms with E-state index in [0.29, 0.717) is 37.2 Å². The first-order chi connectivity index (χ1) is 7.98. The number of aliphatic hydroxyl groups is 1. The number of hydrogen-bond acceptors (Lipinski definition) is 3. The van der Waals surface area contributed by atoms with Crippen LogP contribution in [-0.2, 0) is 0 Å². The molecule has 0 unspecified atom stereocenters. The van der Waals surface area contributed by atoms with E-state index in [4.69, 9.17) is 5.73 Å². The van der Waals surface area contributed by atoms with Gasteiger partial charge in [0, 0.05) is 24.3 Å². The Kier molecular flexibility index (Phi) is 3.07. The van der Waals surface area contributed by atoms with Crippen LogP contribution in [0.15, 0.2) is 24.3 Å². The van der Waals surface area contributed by atoms with Crippen molar-refractivity contribution in [1.29, 1.82) is 0 Å². The molecular formula is C13H18N2O2. The molecule has 4 nitrogen and oxygen atoms in total. The third-order valence-corrected chi connectivity index (χ3v) is 3.26. The van der Waals surface area contributed by atoms with E-state index in [1.807, 2.05) is 6.92 Å². The van der Waals surface area contributed by atoms with Gasteiger partial charge in [-0.1, -0.05) is 6.07 Å². The Hall–Kier alpha value is -1.55. The molecular weight excluding hydrogens is 216 g/mol. The number of piperidine rings is 1. The summed E-state index contributed by atoms with van der Waals surface area (Å²) in [6.45, 7) is 3.01. The van der Waals surface area contributed by atoms with E-state index in [1.165, 1.54) is 0 Å². The first-order valence-electron chi connectivity index (χ1n) is 5.85. The van der Waals surface area contributed by atoms with Crippen LogP contribution in [0.2, 0.25) is 0 Å². The average Bonchev–Trinajstić information content (AvgIpc) is 2.28. The van der Waals surface area contributed by atoms with Gasteiger partial charge in [-0.25, -0.2) is 0 Å². The molecule has 1 amide bonds. The molecule has 3 N–H and O–H groups in total. The van der Waals surface area contributed by atoms with Crippen molar-refractivity contribution in [3.05, 3.63) is 29.8 Å². The number of carbonyl (C=O) groups is 1. The van der Waals surface area contributed by atoms with Crippen LogP contribution in [0.1, 0.15) is 30.1 Å². The van der Waals surface area contributed by atoms with Crippen LogP contribution in [0.3, 0.4) is 0 Å². The third-order valence-electron chi connectivity index (χ3n) is 3.26. The SMILES string of the molecule is CC1(O)CCN(C(=O)c2cccc(N)c2)CC1. The van der Waals surface area contributed by atoms with Gasteiger partial charge in [0.25, 0.3) is 5.91 Å². The fourth-order valence-electron chi connectivity index (χ4n) is 2.05. The highest BCUT2D eigenvalue weighted by Gasteiger charge is 2.29. The van der Waals surface area contributed by atoms with Crippen molar-refractivity contribution in [2.75, 3.05) is 18.8 Å². The summed E-state index contributed by atoms with van der Waals surface area (Å²) < 4.78 is 0. The minimum atomic E-state index is -0.632. The first kappa shape index (κ1) is 11.9. The maximum atomic E-state index is 12.2. The number of nitrogen functional groups attached to an aromatic ring is 1. The number of benzene rings is 1. The summed E-state index contributed by atoms with van der Waals surface area (Å²) in [4.78, 5) is 13.9. The molecule has 1 saturated heterocycles. The Morgan fingerprint density at radius 1 is 1.41 bits per heavy atom. The van der Waals surface area contributed by atoms with Crippen molar-refractivity contribution in [2.24, 2.45) is 0 Å². The normalized spacial score (nSPS) is 19.1. The molecule has 0 radical (unpaired) electrons. The minimum absolute atomic E-state index is 0.00667. The van der Waals surface area contributed by atoms with E-state index < -0.39 is 5.60 Å². The Labute approximate surface area is 101 Å². The van der Waals surface area contributed by atoms with Gasteiger partial charge in [-0.3, -0.25) is 4.79 Å². The van der Waals surface area contributed by atoms with E-state index in [0.717, 1.165) is 0 Å². The largest absolute Gasteiger partial charge is 0.399 e. The van der Waals surface area contributed by atoms with Gasteiger partial charge >= 0.3 is 0 Å². The number of carbonyl (C=O) groups excluding carboxylic acids is 1. The number of likely N-dealkylation sites (tertiary alicyclic amines) is 1. The molecule has 0 aromatic heterocycles. The topological polar surface area (TPSA) is 66.6 Å². The second kappa shape index (κ2) is 4.37. The van der Waals surface area contributed by atoms with Crippen molar-refractivity contribution in [3.8, 4) is 0 Å². The molecule has 1 aliphatic rings. The summed E-state index contributed by atoms with van der Waals surface area (Å²) in [5, 5.41) is 9.83. The Morgan fingerprint density at radius 2 is 2.06 bits per heavy atom. The quantitative estimate of drug-likeness (QED) is 0.719. The molecule has 92 valence electrons. The molecule has 0 spiro atoms. The predicted molar refractivity (Wildman–Crippen MR) is 66.6 cm³/mol. The molecule has 1 aliphatic heterocycles. The van der Waals surface area contributed by atoms with E-state index in [1.54, 1.807) is 29.2 Å². The van der Waals surface area contributed by atoms with Gasteiger partial charge in [0.15, 0.2) is 0 Å². The van der Waals surface area contributed by atoms with Crippen molar-refractivity contribution in [3.63, 3.8) is 0 Å². The van der Waals surface area contributed by atoms with Gasteiger partial charge in [0.05, 0.1) is 5.60 Å². The fraction of sp³-hybridized carbons (Fsp3) is 0.462. The van der Waals surface area contributed by atoms with Crippen LogP contribution in [-0.4, -0.2) is 34.6 Å². The van der Waals surface area contributed by atoms with Crippen molar-refractivity contribution in [2.45, 2.75) is 25.4 Å². The Bertz CT molecular complexity index is 419. The molecule has 0 bridgehead atoms. The summed E-state index contributed by atoms with van der Waals surface area (Å²) in [7, 11) is 0. The standard InChI is InChI=1S/C13H18N2O2/c1-13(17)5-7-15(8-6-13)12(16)10-3-2-4-11(14)9-10/h2-4,9,17H,5-8,14H2,1H3. The maximum Gasteiger partial charge on any atom is 0.253 e. The lowest BCUT2D eigenvalue weighted by atomic mass is 9.93. The zero-order valence-electron chi connectivity index (χ0n) is 10.0. The molecule has 0 aliphatic carbocycles. The van der Waals surface area contributed by atoms with Crippen LogP contribution in [0.4, 0.5) is 5.69 Å². The van der Waals surface area contributed by atoms with Gasteiger partial charge in [-0.05, 0) is 38.0 Å². The van der Waals surface area contributed by atoms with Crippen LogP contribution in [0, 0.1) is 0 Å². The Morgan fingerprint density at radius 3 is 2.65 bits per heavy atom. The number of rotatable bonds is 1. The molecule has 1 aromatic rings. The first-order valence-corrected chi connectivity index (χ1v) is 5.85. The van der Waals surface area contributed by atoms with Crippen LogP contribution in [0.5, 0.6) is 0 Å². The number of hydrogen-bond donors (Lipinski definition) is 2. The number of amides is 1. The monoisotopic (exact) mass is 234 g/mol. The predicted octanol–water partition coefficient (Wildman–Crippen LogP) is 1.26. The molecule has 2 rings (SSSR count). The summed E-state index contributed by atoms with van der Waals surface area (Å²) in [5.74, 6) is -0.00667. The highest BCUT2D eigenvalue weighted by Crippen LogP contribution is 2.22. The van der Waals surface area contributed by atoms with Gasteiger partial charge in [-0.15, -0.1) is 0 Å². The lowest BCUT2D eigenvalue weighted by Gasteiger charge is -2.35. The highest BCUT2D eigenvalue weighted by molar-refractivity contribution is 5.95. The number of nitrogens with two attached hydrogens (primary N) is 1. The van der Waals surface area contributed by atoms with E-state index in [2.05, 4.69) is 0 Å². The lowest BCUT2D eigenvalue weighted by molar-refractivity contribution is -0.00202. The second-order valence-corrected chi connectivity index (χ2v) is 4.91. The van der Waals surface area contributed by atoms with Crippen LogP contribution < -0.4 is 5.73 Å². The summed E-state index contributed by atoms with van der Waals surface area (Å²) >= 11 is 0. The number of nitrogens with zero attached hydrogens (tertiary/aromatic N) is 1. The van der Waals surface area contributed by atoms with Crippen LogP contribution >= 0.6 is 0 Å². The molecule has 1 fully saturated rings. The lowest BCUT2D eigenvalue weighted by Crippen LogP contribution is -2.45. The summed E-state index contributed by atoms with van der Waals surface area (Å²) in [6.07, 6.45) is 1.25. The average molecular weight is 234 g/mol. The smallest absolute Gasteiger partial charge is 0.253 e. The fourth-order valence-corrected chi connectivity index (χ4v) is 2.05. The third kappa shape index (κ3) is 2.77. The molecule has 4 heteroatoms. The summed E-state index contributed by atoms with van der Waals surface area (Å²) in [5.41, 5.74) is 6.24. The highest BCUT2D eigenvalue weighted by atomic mass is 16.3. The van der Waals surface area contributed by atoms with E-state index in [-0.39, 0.29) is 5.91 Å². The minimum Gasteiger partial charge on any atom is -0.399 e. The van der Waals surface area contributed by atoms with Gasteiger partial charge in [-0.2, -0.15) is 0 Å². The van der Waals surface area contributed by atoms with E-state index in [9.17, 15) is 9.90 Å². The van der Waals surface area contributed by atoms with Crippen molar-refractivity contribution >= 4 is 11.6 Å². The number of anilines is 1. The molecule has 1 heterocycles. The van der Waals surface area contributed by atoms with Crippen molar-refractivity contribution < 1.29 is 9.90 Å². The molecule has 17 heavy (non-hydrogen) atoms. The molecule has 0 atom stereocenters. The maximum absolute atomic E-state index is 12.2. The van der Waals surface area contributed by atoms with Gasteiger partial charge in [0.1, 0.15) is 0 Å². The van der Waals surface area contributed by atoms with Crippen molar-refractivity contribution in [1.82, 2.24) is 4.90 Å². The molecule has 1 aromatic carbocycles. The van der Waals surface area contributed by atoms with E-state index >= 15 is 0 Å². The van der Waals surface area contributed by atoms with Gasteiger partial charge in [0.2, 0.25) is 0 Å².